The fourth-order valence-electron chi connectivity index (χ4n) is 3.02. The van der Waals surface area contributed by atoms with E-state index in [2.05, 4.69) is 17.1 Å². The van der Waals surface area contributed by atoms with Crippen LogP contribution in [0.15, 0.2) is 24.3 Å². The zero-order chi connectivity index (χ0) is 15.1. The van der Waals surface area contributed by atoms with Gasteiger partial charge in [0.2, 0.25) is 5.91 Å². The zero-order valence-corrected chi connectivity index (χ0v) is 12.8. The van der Waals surface area contributed by atoms with Crippen molar-refractivity contribution in [3.05, 3.63) is 35.6 Å². The highest BCUT2D eigenvalue weighted by molar-refractivity contribution is 5.78. The number of nitrogens with zero attached hydrogens (tertiary/aromatic N) is 1. The van der Waals surface area contributed by atoms with Gasteiger partial charge in [-0.3, -0.25) is 9.69 Å². The minimum Gasteiger partial charge on any atom is -0.351 e. The van der Waals surface area contributed by atoms with Crippen LogP contribution in [-0.4, -0.2) is 29.9 Å². The summed E-state index contributed by atoms with van der Waals surface area (Å²) in [5, 5.41) is 2.82. The molecular formula is C17H25FN2O. The van der Waals surface area contributed by atoms with Crippen LogP contribution in [0, 0.1) is 5.82 Å². The summed E-state index contributed by atoms with van der Waals surface area (Å²) in [5.41, 5.74) is 0.534. The number of carbonyl (C=O) groups is 1. The van der Waals surface area contributed by atoms with Crippen molar-refractivity contribution < 1.29 is 9.18 Å². The van der Waals surface area contributed by atoms with E-state index < -0.39 is 0 Å². The van der Waals surface area contributed by atoms with Gasteiger partial charge in [0, 0.05) is 18.2 Å². The van der Waals surface area contributed by atoms with Gasteiger partial charge in [-0.25, -0.2) is 4.39 Å². The number of nitrogens with one attached hydrogen (secondary N) is 1. The molecule has 0 aliphatic heterocycles. The maximum Gasteiger partial charge on any atom is 0.234 e. The van der Waals surface area contributed by atoms with Crippen molar-refractivity contribution in [1.29, 1.82) is 0 Å². The van der Waals surface area contributed by atoms with E-state index in [0.29, 0.717) is 18.2 Å². The summed E-state index contributed by atoms with van der Waals surface area (Å²) in [6.45, 7) is 3.65. The molecule has 116 valence electrons. The quantitative estimate of drug-likeness (QED) is 0.874. The first kappa shape index (κ1) is 16.0. The van der Waals surface area contributed by atoms with Crippen molar-refractivity contribution in [1.82, 2.24) is 10.2 Å². The van der Waals surface area contributed by atoms with E-state index in [1.807, 2.05) is 0 Å². The lowest BCUT2D eigenvalue weighted by Crippen LogP contribution is -2.43. The number of hydrogen-bond donors (Lipinski definition) is 1. The van der Waals surface area contributed by atoms with E-state index in [9.17, 15) is 9.18 Å². The molecule has 0 atom stereocenters. The lowest BCUT2D eigenvalue weighted by Gasteiger charge is -2.32. The summed E-state index contributed by atoms with van der Waals surface area (Å²) in [5.74, 6) is -0.289. The molecule has 0 bridgehead atoms. The molecule has 0 saturated heterocycles. The Morgan fingerprint density at radius 2 is 2.00 bits per heavy atom. The second-order valence-electron chi connectivity index (χ2n) is 5.72. The van der Waals surface area contributed by atoms with Crippen molar-refractivity contribution >= 4 is 5.91 Å². The maximum atomic E-state index is 13.5. The van der Waals surface area contributed by atoms with E-state index >= 15 is 0 Å². The summed E-state index contributed by atoms with van der Waals surface area (Å²) in [4.78, 5) is 14.3. The fraction of sp³-hybridized carbons (Fsp3) is 0.588. The summed E-state index contributed by atoms with van der Waals surface area (Å²) in [6.07, 6.45) is 6.21. The van der Waals surface area contributed by atoms with Crippen LogP contribution >= 0.6 is 0 Å². The molecule has 0 unspecified atom stereocenters. The van der Waals surface area contributed by atoms with Crippen molar-refractivity contribution in [2.75, 3.05) is 13.1 Å². The van der Waals surface area contributed by atoms with Gasteiger partial charge in [-0.15, -0.1) is 0 Å². The molecular weight excluding hydrogens is 267 g/mol. The van der Waals surface area contributed by atoms with Crippen LogP contribution < -0.4 is 5.32 Å². The Labute approximate surface area is 126 Å². The number of likely N-dealkylation sites (N-methyl/N-ethyl adjacent to an activating group) is 1. The van der Waals surface area contributed by atoms with Crippen molar-refractivity contribution in [3.8, 4) is 0 Å². The number of hydrogen-bond acceptors (Lipinski definition) is 2. The Morgan fingerprint density at radius 3 is 2.67 bits per heavy atom. The van der Waals surface area contributed by atoms with Gasteiger partial charge in [0.25, 0.3) is 0 Å². The molecule has 1 aliphatic rings. The topological polar surface area (TPSA) is 32.3 Å². The van der Waals surface area contributed by atoms with Gasteiger partial charge >= 0.3 is 0 Å². The highest BCUT2D eigenvalue weighted by Gasteiger charge is 2.21. The van der Waals surface area contributed by atoms with Crippen LogP contribution in [0.1, 0.15) is 44.6 Å². The first-order chi connectivity index (χ1) is 10.2. The lowest BCUT2D eigenvalue weighted by molar-refractivity contribution is -0.123. The van der Waals surface area contributed by atoms with Gasteiger partial charge in [-0.2, -0.15) is 0 Å². The van der Waals surface area contributed by atoms with Gasteiger partial charge in [-0.1, -0.05) is 44.4 Å². The number of benzene rings is 1. The molecule has 1 aliphatic carbocycles. The van der Waals surface area contributed by atoms with Crippen LogP contribution in [0.2, 0.25) is 0 Å². The fourth-order valence-corrected chi connectivity index (χ4v) is 3.02. The Bertz CT molecular complexity index is 458. The molecule has 2 rings (SSSR count). The first-order valence-electron chi connectivity index (χ1n) is 7.95. The van der Waals surface area contributed by atoms with E-state index in [-0.39, 0.29) is 18.3 Å². The number of rotatable bonds is 6. The Kier molecular flexibility index (Phi) is 6.18. The predicted octanol–water partition coefficient (Wildman–Crippen LogP) is 3.10. The average Bonchev–Trinajstić information content (AvgIpc) is 2.52. The standard InChI is InChI=1S/C17H25FN2O/c1-2-20(15-9-4-3-5-10-15)13-17(21)19-12-14-8-6-7-11-16(14)18/h6-8,11,15H,2-5,9-10,12-13H2,1H3,(H,19,21). The number of amides is 1. The summed E-state index contributed by atoms with van der Waals surface area (Å²) in [7, 11) is 0. The number of carbonyl (C=O) groups excluding carboxylic acids is 1. The van der Waals surface area contributed by atoms with Crippen LogP contribution in [0.4, 0.5) is 4.39 Å². The third-order valence-corrected chi connectivity index (χ3v) is 4.28. The molecule has 4 heteroatoms. The molecule has 0 radical (unpaired) electrons. The summed E-state index contributed by atoms with van der Waals surface area (Å²) >= 11 is 0. The first-order valence-corrected chi connectivity index (χ1v) is 7.95. The molecule has 1 fully saturated rings. The minimum absolute atomic E-state index is 0.0225. The minimum atomic E-state index is -0.266. The van der Waals surface area contributed by atoms with Crippen LogP contribution in [-0.2, 0) is 11.3 Å². The van der Waals surface area contributed by atoms with Gasteiger partial charge in [0.05, 0.1) is 6.54 Å². The maximum absolute atomic E-state index is 13.5. The number of halogens is 1. The van der Waals surface area contributed by atoms with Crippen molar-refractivity contribution in [2.24, 2.45) is 0 Å². The second-order valence-corrected chi connectivity index (χ2v) is 5.72. The Hall–Kier alpha value is -1.42. The normalized spacial score (nSPS) is 16.1. The van der Waals surface area contributed by atoms with E-state index in [1.165, 1.54) is 38.2 Å². The summed E-state index contributed by atoms with van der Waals surface area (Å²) in [6, 6.07) is 7.09. The lowest BCUT2D eigenvalue weighted by atomic mass is 9.94. The Balaban J connectivity index is 1.81. The third-order valence-electron chi connectivity index (χ3n) is 4.28. The monoisotopic (exact) mass is 292 g/mol. The van der Waals surface area contributed by atoms with E-state index in [4.69, 9.17) is 0 Å². The van der Waals surface area contributed by atoms with Gasteiger partial charge in [-0.05, 0) is 25.5 Å². The molecule has 0 aromatic heterocycles. The van der Waals surface area contributed by atoms with E-state index in [1.54, 1.807) is 18.2 Å². The zero-order valence-electron chi connectivity index (χ0n) is 12.8. The smallest absolute Gasteiger partial charge is 0.234 e. The van der Waals surface area contributed by atoms with Gasteiger partial charge in [0.1, 0.15) is 5.82 Å². The van der Waals surface area contributed by atoms with Crippen LogP contribution in [0.5, 0.6) is 0 Å². The van der Waals surface area contributed by atoms with Crippen molar-refractivity contribution in [2.45, 2.75) is 51.6 Å². The highest BCUT2D eigenvalue weighted by atomic mass is 19.1. The molecule has 1 aromatic carbocycles. The largest absolute Gasteiger partial charge is 0.351 e. The molecule has 1 saturated carbocycles. The molecule has 0 spiro atoms. The SMILES string of the molecule is CCN(CC(=O)NCc1ccccc1F)C1CCCCC1. The van der Waals surface area contributed by atoms with Crippen molar-refractivity contribution in [3.63, 3.8) is 0 Å². The van der Waals surface area contributed by atoms with Crippen LogP contribution in [0.25, 0.3) is 0 Å². The predicted molar refractivity (Wildman–Crippen MR) is 82.4 cm³/mol. The highest BCUT2D eigenvalue weighted by Crippen LogP contribution is 2.22. The van der Waals surface area contributed by atoms with Gasteiger partial charge in [0.15, 0.2) is 0 Å². The van der Waals surface area contributed by atoms with E-state index in [0.717, 1.165) is 6.54 Å². The summed E-state index contributed by atoms with van der Waals surface area (Å²) < 4.78 is 13.5. The molecule has 1 aromatic rings. The van der Waals surface area contributed by atoms with Gasteiger partial charge < -0.3 is 5.32 Å². The second kappa shape index (κ2) is 8.13. The molecule has 21 heavy (non-hydrogen) atoms. The molecule has 0 heterocycles. The molecule has 3 nitrogen and oxygen atoms in total. The third kappa shape index (κ3) is 4.81. The molecule has 1 amide bonds. The molecule has 1 N–H and O–H groups in total. The Morgan fingerprint density at radius 1 is 1.29 bits per heavy atom. The average molecular weight is 292 g/mol. The van der Waals surface area contributed by atoms with Crippen LogP contribution in [0.3, 0.4) is 0 Å².